The molecule has 1 aromatic carbocycles. The van der Waals surface area contributed by atoms with Crippen LogP contribution in [0.1, 0.15) is 16.2 Å². The van der Waals surface area contributed by atoms with E-state index in [-0.39, 0.29) is 5.91 Å². The zero-order valence-corrected chi connectivity index (χ0v) is 13.5. The van der Waals surface area contributed by atoms with Crippen molar-refractivity contribution in [2.75, 3.05) is 36.5 Å². The number of anilines is 2. The minimum absolute atomic E-state index is 0.285. The molecule has 2 heterocycles. The van der Waals surface area contributed by atoms with Gasteiger partial charge >= 0.3 is 0 Å². The summed E-state index contributed by atoms with van der Waals surface area (Å²) in [5.74, 6) is 0.275. The Balaban J connectivity index is 1.81. The minimum Gasteiger partial charge on any atom is -0.378 e. The molecule has 1 N–H and O–H groups in total. The zero-order valence-electron chi connectivity index (χ0n) is 12.8. The highest BCUT2D eigenvalue weighted by Gasteiger charge is 2.17. The van der Waals surface area contributed by atoms with E-state index in [1.165, 1.54) is 0 Å². The number of carbonyl (C=O) groups is 1. The summed E-state index contributed by atoms with van der Waals surface area (Å²) in [6, 6.07) is 8.67. The van der Waals surface area contributed by atoms with Crippen molar-refractivity contribution in [3.05, 3.63) is 46.7 Å². The predicted octanol–water partition coefficient (Wildman–Crippen LogP) is 2.53. The van der Waals surface area contributed by atoms with Crippen LogP contribution in [0.5, 0.6) is 0 Å². The second kappa shape index (κ2) is 6.93. The van der Waals surface area contributed by atoms with E-state index in [9.17, 15) is 4.79 Å². The van der Waals surface area contributed by atoms with Crippen molar-refractivity contribution in [3.8, 4) is 0 Å². The lowest BCUT2D eigenvalue weighted by Crippen LogP contribution is -2.37. The fourth-order valence-electron chi connectivity index (χ4n) is 2.34. The van der Waals surface area contributed by atoms with Crippen LogP contribution < -0.4 is 10.2 Å². The standard InChI is InChI=1S/C16H17ClN4O2/c1-11-9-14(15(22)19-13-4-2-3-12(17)10-13)20-16(18-11)21-5-7-23-8-6-21/h2-4,9-10H,5-8H2,1H3,(H,19,22). The SMILES string of the molecule is Cc1cc(C(=O)Nc2cccc(Cl)c2)nc(N2CCOCC2)n1. The highest BCUT2D eigenvalue weighted by atomic mass is 35.5. The maximum atomic E-state index is 12.4. The topological polar surface area (TPSA) is 67.4 Å². The summed E-state index contributed by atoms with van der Waals surface area (Å²) >= 11 is 5.93. The Morgan fingerprint density at radius 2 is 2.04 bits per heavy atom. The second-order valence-corrected chi connectivity index (χ2v) is 5.69. The van der Waals surface area contributed by atoms with Gasteiger partial charge in [-0.2, -0.15) is 0 Å². The van der Waals surface area contributed by atoms with Crippen molar-refractivity contribution >= 4 is 29.1 Å². The molecule has 1 fully saturated rings. The van der Waals surface area contributed by atoms with Gasteiger partial charge in [0, 0.05) is 29.5 Å². The first kappa shape index (κ1) is 15.7. The van der Waals surface area contributed by atoms with E-state index in [0.29, 0.717) is 35.6 Å². The summed E-state index contributed by atoms with van der Waals surface area (Å²) in [5, 5.41) is 3.36. The smallest absolute Gasteiger partial charge is 0.274 e. The van der Waals surface area contributed by atoms with Gasteiger partial charge in [-0.25, -0.2) is 9.97 Å². The lowest BCUT2D eigenvalue weighted by molar-refractivity contribution is 0.102. The Labute approximate surface area is 139 Å². The van der Waals surface area contributed by atoms with Crippen molar-refractivity contribution in [2.24, 2.45) is 0 Å². The number of rotatable bonds is 3. The molecule has 1 aliphatic heterocycles. The predicted molar refractivity (Wildman–Crippen MR) is 89.2 cm³/mol. The van der Waals surface area contributed by atoms with Crippen molar-refractivity contribution in [2.45, 2.75) is 6.92 Å². The van der Waals surface area contributed by atoms with Gasteiger partial charge in [0.05, 0.1) is 13.2 Å². The maximum Gasteiger partial charge on any atom is 0.274 e. The number of benzene rings is 1. The molecule has 1 aromatic heterocycles. The van der Waals surface area contributed by atoms with E-state index in [4.69, 9.17) is 16.3 Å². The monoisotopic (exact) mass is 332 g/mol. The Morgan fingerprint density at radius 3 is 2.78 bits per heavy atom. The van der Waals surface area contributed by atoms with E-state index in [1.807, 2.05) is 11.8 Å². The Bertz CT molecular complexity index is 717. The summed E-state index contributed by atoms with van der Waals surface area (Å²) in [5.41, 5.74) is 1.71. The summed E-state index contributed by atoms with van der Waals surface area (Å²) in [6.45, 7) is 4.57. The molecule has 0 unspecified atom stereocenters. The molecule has 3 rings (SSSR count). The normalized spacial score (nSPS) is 14.6. The third kappa shape index (κ3) is 3.97. The number of ether oxygens (including phenoxy) is 1. The van der Waals surface area contributed by atoms with Gasteiger partial charge in [-0.15, -0.1) is 0 Å². The molecule has 0 spiro atoms. The third-order valence-electron chi connectivity index (χ3n) is 3.45. The number of aromatic nitrogens is 2. The molecule has 23 heavy (non-hydrogen) atoms. The Kier molecular flexibility index (Phi) is 4.73. The summed E-state index contributed by atoms with van der Waals surface area (Å²) in [4.78, 5) is 23.3. The fraction of sp³-hybridized carbons (Fsp3) is 0.312. The summed E-state index contributed by atoms with van der Waals surface area (Å²) < 4.78 is 5.33. The van der Waals surface area contributed by atoms with Gasteiger partial charge in [-0.05, 0) is 31.2 Å². The van der Waals surface area contributed by atoms with Gasteiger partial charge in [0.1, 0.15) is 5.69 Å². The second-order valence-electron chi connectivity index (χ2n) is 5.26. The zero-order chi connectivity index (χ0) is 16.2. The molecule has 1 saturated heterocycles. The van der Waals surface area contributed by atoms with Gasteiger partial charge in [-0.1, -0.05) is 17.7 Å². The number of hydrogen-bond acceptors (Lipinski definition) is 5. The van der Waals surface area contributed by atoms with Gasteiger partial charge in [0.15, 0.2) is 0 Å². The molecule has 2 aromatic rings. The van der Waals surface area contributed by atoms with Gasteiger partial charge in [-0.3, -0.25) is 4.79 Å². The molecule has 1 amide bonds. The maximum absolute atomic E-state index is 12.4. The molecule has 120 valence electrons. The fourth-order valence-corrected chi connectivity index (χ4v) is 2.53. The first-order chi connectivity index (χ1) is 11.1. The molecule has 1 aliphatic rings. The average molecular weight is 333 g/mol. The highest BCUT2D eigenvalue weighted by Crippen LogP contribution is 2.17. The molecular formula is C16H17ClN4O2. The van der Waals surface area contributed by atoms with Crippen LogP contribution in [-0.4, -0.2) is 42.2 Å². The van der Waals surface area contributed by atoms with Crippen LogP contribution in [0.4, 0.5) is 11.6 Å². The number of halogens is 1. The van der Waals surface area contributed by atoms with Crippen LogP contribution in [0.2, 0.25) is 5.02 Å². The summed E-state index contributed by atoms with van der Waals surface area (Å²) in [7, 11) is 0. The number of morpholine rings is 1. The van der Waals surface area contributed by atoms with Crippen molar-refractivity contribution in [1.82, 2.24) is 9.97 Å². The number of nitrogens with zero attached hydrogens (tertiary/aromatic N) is 3. The highest BCUT2D eigenvalue weighted by molar-refractivity contribution is 6.30. The number of aryl methyl sites for hydroxylation is 1. The van der Waals surface area contributed by atoms with Crippen molar-refractivity contribution in [3.63, 3.8) is 0 Å². The molecule has 6 nitrogen and oxygen atoms in total. The van der Waals surface area contributed by atoms with Gasteiger partial charge < -0.3 is 15.0 Å². The largest absolute Gasteiger partial charge is 0.378 e. The van der Waals surface area contributed by atoms with Crippen LogP contribution in [0.3, 0.4) is 0 Å². The summed E-state index contributed by atoms with van der Waals surface area (Å²) in [6.07, 6.45) is 0. The van der Waals surface area contributed by atoms with Gasteiger partial charge in [0.2, 0.25) is 5.95 Å². The molecule has 0 atom stereocenters. The quantitative estimate of drug-likeness (QED) is 0.935. The average Bonchev–Trinajstić information content (AvgIpc) is 2.55. The van der Waals surface area contributed by atoms with Crippen LogP contribution >= 0.6 is 11.6 Å². The molecule has 0 bridgehead atoms. The first-order valence-electron chi connectivity index (χ1n) is 7.37. The van der Waals surface area contributed by atoms with E-state index in [1.54, 1.807) is 30.3 Å². The number of carbonyl (C=O) groups excluding carboxylic acids is 1. The molecule has 7 heteroatoms. The van der Waals surface area contributed by atoms with Crippen LogP contribution in [0.25, 0.3) is 0 Å². The molecule has 0 radical (unpaired) electrons. The number of nitrogens with one attached hydrogen (secondary N) is 1. The van der Waals surface area contributed by atoms with Crippen molar-refractivity contribution < 1.29 is 9.53 Å². The van der Waals surface area contributed by atoms with E-state index in [2.05, 4.69) is 15.3 Å². The first-order valence-corrected chi connectivity index (χ1v) is 7.75. The Hall–Kier alpha value is -2.18. The van der Waals surface area contributed by atoms with Gasteiger partial charge in [0.25, 0.3) is 5.91 Å². The lowest BCUT2D eigenvalue weighted by atomic mass is 10.3. The van der Waals surface area contributed by atoms with Crippen molar-refractivity contribution in [1.29, 1.82) is 0 Å². The Morgan fingerprint density at radius 1 is 1.26 bits per heavy atom. The van der Waals surface area contributed by atoms with E-state index < -0.39 is 0 Å². The van der Waals surface area contributed by atoms with E-state index in [0.717, 1.165) is 18.8 Å². The van der Waals surface area contributed by atoms with Crippen LogP contribution in [0, 0.1) is 6.92 Å². The van der Waals surface area contributed by atoms with E-state index >= 15 is 0 Å². The molecule has 0 saturated carbocycles. The van der Waals surface area contributed by atoms with Crippen LogP contribution in [-0.2, 0) is 4.74 Å². The molecule has 0 aliphatic carbocycles. The number of amides is 1. The number of hydrogen-bond donors (Lipinski definition) is 1. The minimum atomic E-state index is -0.285. The van der Waals surface area contributed by atoms with Crippen LogP contribution in [0.15, 0.2) is 30.3 Å². The molecular weight excluding hydrogens is 316 g/mol. The lowest BCUT2D eigenvalue weighted by Gasteiger charge is -2.27. The third-order valence-corrected chi connectivity index (χ3v) is 3.69.